The van der Waals surface area contributed by atoms with Gasteiger partial charge in [0.25, 0.3) is 0 Å². The van der Waals surface area contributed by atoms with Gasteiger partial charge in [-0.1, -0.05) is 48.2 Å². The predicted octanol–water partition coefficient (Wildman–Crippen LogP) is 4.60. The zero-order valence-corrected chi connectivity index (χ0v) is 12.9. The second-order valence-electron chi connectivity index (χ2n) is 5.09. The van der Waals surface area contributed by atoms with Crippen LogP contribution in [0.3, 0.4) is 0 Å². The monoisotopic (exact) mass is 295 g/mol. The molecule has 0 radical (unpaired) electrons. The van der Waals surface area contributed by atoms with Crippen molar-refractivity contribution in [2.24, 2.45) is 0 Å². The third kappa shape index (κ3) is 3.16. The number of rotatable bonds is 4. The number of hydrogen-bond donors (Lipinski definition) is 1. The molecule has 0 aliphatic carbocycles. The van der Waals surface area contributed by atoms with Crippen molar-refractivity contribution >= 4 is 28.4 Å². The van der Waals surface area contributed by atoms with Gasteiger partial charge in [0, 0.05) is 23.3 Å². The first-order valence-electron chi connectivity index (χ1n) is 6.97. The lowest BCUT2D eigenvalue weighted by Gasteiger charge is -2.12. The quantitative estimate of drug-likeness (QED) is 0.763. The standard InChI is InChI=1S/C17H17N3S/c1-12(2)20-16-17(19-11-10-18-16)21-15-9-5-7-13-6-3-4-8-14(13)15/h3-12H,1-2H3,(H,18,20). The summed E-state index contributed by atoms with van der Waals surface area (Å²) in [5, 5.41) is 6.73. The highest BCUT2D eigenvalue weighted by Gasteiger charge is 2.10. The van der Waals surface area contributed by atoms with Crippen molar-refractivity contribution in [2.45, 2.75) is 29.8 Å². The van der Waals surface area contributed by atoms with Crippen LogP contribution in [0.4, 0.5) is 5.82 Å². The Morgan fingerprint density at radius 1 is 0.952 bits per heavy atom. The first kappa shape index (κ1) is 13.9. The highest BCUT2D eigenvalue weighted by molar-refractivity contribution is 7.99. The summed E-state index contributed by atoms with van der Waals surface area (Å²) in [5.41, 5.74) is 0. The van der Waals surface area contributed by atoms with E-state index in [0.717, 1.165) is 10.8 Å². The second kappa shape index (κ2) is 6.14. The molecule has 1 heterocycles. The van der Waals surface area contributed by atoms with E-state index >= 15 is 0 Å². The Bertz CT molecular complexity index is 750. The number of hydrogen-bond acceptors (Lipinski definition) is 4. The molecule has 0 unspecified atom stereocenters. The lowest BCUT2D eigenvalue weighted by atomic mass is 10.1. The van der Waals surface area contributed by atoms with Crippen molar-refractivity contribution in [3.05, 3.63) is 54.9 Å². The van der Waals surface area contributed by atoms with E-state index in [2.05, 4.69) is 71.6 Å². The minimum atomic E-state index is 0.327. The molecule has 3 nitrogen and oxygen atoms in total. The van der Waals surface area contributed by atoms with Gasteiger partial charge in [-0.2, -0.15) is 0 Å². The van der Waals surface area contributed by atoms with E-state index in [0.29, 0.717) is 6.04 Å². The van der Waals surface area contributed by atoms with E-state index in [4.69, 9.17) is 0 Å². The van der Waals surface area contributed by atoms with E-state index in [9.17, 15) is 0 Å². The number of benzene rings is 2. The molecule has 0 fully saturated rings. The summed E-state index contributed by atoms with van der Waals surface area (Å²) >= 11 is 1.65. The summed E-state index contributed by atoms with van der Waals surface area (Å²) in [6, 6.07) is 15.1. The first-order valence-corrected chi connectivity index (χ1v) is 7.79. The van der Waals surface area contributed by atoms with E-state index in [1.54, 1.807) is 24.2 Å². The fraction of sp³-hybridized carbons (Fsp3) is 0.176. The molecule has 0 saturated heterocycles. The molecule has 106 valence electrons. The Labute approximate surface area is 128 Å². The highest BCUT2D eigenvalue weighted by atomic mass is 32.2. The van der Waals surface area contributed by atoms with Gasteiger partial charge in [-0.3, -0.25) is 0 Å². The maximum atomic E-state index is 4.47. The maximum Gasteiger partial charge on any atom is 0.159 e. The van der Waals surface area contributed by atoms with Crippen molar-refractivity contribution < 1.29 is 0 Å². The SMILES string of the molecule is CC(C)Nc1nccnc1Sc1cccc2ccccc12. The van der Waals surface area contributed by atoms with Gasteiger partial charge < -0.3 is 5.32 Å². The average Bonchev–Trinajstić information content (AvgIpc) is 2.49. The van der Waals surface area contributed by atoms with Crippen LogP contribution in [0, 0.1) is 0 Å². The highest BCUT2D eigenvalue weighted by Crippen LogP contribution is 2.35. The molecule has 0 saturated carbocycles. The molecular formula is C17H17N3S. The van der Waals surface area contributed by atoms with E-state index in [1.165, 1.54) is 15.7 Å². The molecule has 3 rings (SSSR count). The molecule has 0 aliphatic rings. The molecule has 4 heteroatoms. The van der Waals surface area contributed by atoms with Crippen LogP contribution < -0.4 is 5.32 Å². The summed E-state index contributed by atoms with van der Waals surface area (Å²) in [4.78, 5) is 10.1. The molecule has 0 bridgehead atoms. The Morgan fingerprint density at radius 2 is 1.71 bits per heavy atom. The third-order valence-corrected chi connectivity index (χ3v) is 4.11. The van der Waals surface area contributed by atoms with Crippen LogP contribution in [0.5, 0.6) is 0 Å². The molecule has 1 N–H and O–H groups in total. The van der Waals surface area contributed by atoms with E-state index in [1.807, 2.05) is 0 Å². The molecule has 0 atom stereocenters. The summed E-state index contributed by atoms with van der Waals surface area (Å²) < 4.78 is 0. The summed E-state index contributed by atoms with van der Waals surface area (Å²) in [7, 11) is 0. The van der Waals surface area contributed by atoms with Crippen molar-refractivity contribution in [1.29, 1.82) is 0 Å². The van der Waals surface area contributed by atoms with Crippen molar-refractivity contribution in [1.82, 2.24) is 9.97 Å². The maximum absolute atomic E-state index is 4.47. The summed E-state index contributed by atoms with van der Waals surface area (Å²) in [6.07, 6.45) is 3.46. The first-order chi connectivity index (χ1) is 10.2. The van der Waals surface area contributed by atoms with E-state index in [-0.39, 0.29) is 0 Å². The van der Waals surface area contributed by atoms with Crippen LogP contribution in [0.1, 0.15) is 13.8 Å². The number of nitrogens with zero attached hydrogens (tertiary/aromatic N) is 2. The molecule has 21 heavy (non-hydrogen) atoms. The van der Waals surface area contributed by atoms with Crippen LogP contribution in [0.25, 0.3) is 10.8 Å². The minimum Gasteiger partial charge on any atom is -0.366 e. The zero-order chi connectivity index (χ0) is 14.7. The summed E-state index contributed by atoms with van der Waals surface area (Å²) in [5.74, 6) is 0.838. The molecule has 2 aromatic carbocycles. The largest absolute Gasteiger partial charge is 0.366 e. The van der Waals surface area contributed by atoms with Crippen LogP contribution >= 0.6 is 11.8 Å². The Morgan fingerprint density at radius 3 is 2.57 bits per heavy atom. The molecule has 0 aliphatic heterocycles. The zero-order valence-electron chi connectivity index (χ0n) is 12.1. The Kier molecular flexibility index (Phi) is 4.06. The van der Waals surface area contributed by atoms with Gasteiger partial charge in [0.15, 0.2) is 5.82 Å². The van der Waals surface area contributed by atoms with Crippen LogP contribution in [-0.2, 0) is 0 Å². The van der Waals surface area contributed by atoms with Gasteiger partial charge >= 0.3 is 0 Å². The fourth-order valence-corrected chi connectivity index (χ4v) is 3.13. The van der Waals surface area contributed by atoms with Gasteiger partial charge in [0.2, 0.25) is 0 Å². The summed E-state index contributed by atoms with van der Waals surface area (Å²) in [6.45, 7) is 4.20. The average molecular weight is 295 g/mol. The van der Waals surface area contributed by atoms with Gasteiger partial charge in [-0.05, 0) is 30.7 Å². The fourth-order valence-electron chi connectivity index (χ4n) is 2.16. The predicted molar refractivity (Wildman–Crippen MR) is 88.9 cm³/mol. The van der Waals surface area contributed by atoms with Gasteiger partial charge in [0.05, 0.1) is 0 Å². The molecule has 0 spiro atoms. The number of aromatic nitrogens is 2. The van der Waals surface area contributed by atoms with Crippen molar-refractivity contribution in [3.63, 3.8) is 0 Å². The molecule has 1 aromatic heterocycles. The topological polar surface area (TPSA) is 37.8 Å². The van der Waals surface area contributed by atoms with Gasteiger partial charge in [-0.25, -0.2) is 9.97 Å². The minimum absolute atomic E-state index is 0.327. The van der Waals surface area contributed by atoms with Crippen LogP contribution in [0.2, 0.25) is 0 Å². The lowest BCUT2D eigenvalue weighted by molar-refractivity contribution is 0.869. The third-order valence-electron chi connectivity index (χ3n) is 3.05. The number of anilines is 1. The Balaban J connectivity index is 1.99. The smallest absolute Gasteiger partial charge is 0.159 e. The van der Waals surface area contributed by atoms with Crippen molar-refractivity contribution in [3.8, 4) is 0 Å². The molecule has 0 amide bonds. The van der Waals surface area contributed by atoms with Gasteiger partial charge in [-0.15, -0.1) is 0 Å². The Hall–Kier alpha value is -2.07. The van der Waals surface area contributed by atoms with E-state index < -0.39 is 0 Å². The molecular weight excluding hydrogens is 278 g/mol. The van der Waals surface area contributed by atoms with Gasteiger partial charge in [0.1, 0.15) is 5.03 Å². The van der Waals surface area contributed by atoms with Crippen LogP contribution in [-0.4, -0.2) is 16.0 Å². The number of fused-ring (bicyclic) bond motifs is 1. The number of nitrogens with one attached hydrogen (secondary N) is 1. The second-order valence-corrected chi connectivity index (χ2v) is 6.12. The van der Waals surface area contributed by atoms with Crippen LogP contribution in [0.15, 0.2) is 64.8 Å². The van der Waals surface area contributed by atoms with Crippen molar-refractivity contribution in [2.75, 3.05) is 5.32 Å². The lowest BCUT2D eigenvalue weighted by Crippen LogP contribution is -2.12. The normalized spacial score (nSPS) is 11.0. The molecule has 3 aromatic rings.